The first kappa shape index (κ1) is 12.9. The third-order valence-electron chi connectivity index (χ3n) is 4.52. The van der Waals surface area contributed by atoms with Gasteiger partial charge in [0.25, 0.3) is 0 Å². The summed E-state index contributed by atoms with van der Waals surface area (Å²) in [6.07, 6.45) is 7.35. The molecule has 0 saturated heterocycles. The van der Waals surface area contributed by atoms with E-state index in [9.17, 15) is 4.79 Å². The van der Waals surface area contributed by atoms with E-state index >= 15 is 0 Å². The van der Waals surface area contributed by atoms with E-state index in [1.807, 2.05) is 0 Å². The largest absolute Gasteiger partial charge is 0.373 e. The monoisotopic (exact) mass is 258 g/mol. The summed E-state index contributed by atoms with van der Waals surface area (Å²) in [7, 11) is 0. The minimum atomic E-state index is 0.136. The lowest BCUT2D eigenvalue weighted by atomic mass is 9.87. The van der Waals surface area contributed by atoms with E-state index in [2.05, 4.69) is 24.3 Å². The highest BCUT2D eigenvalue weighted by Crippen LogP contribution is 2.35. The molecule has 0 N–H and O–H groups in total. The Labute approximate surface area is 115 Å². The molecule has 1 saturated carbocycles. The SMILES string of the molecule is O=C1CCCCCC1CC1OCCc2ccccc21. The van der Waals surface area contributed by atoms with Crippen LogP contribution in [0.15, 0.2) is 24.3 Å². The summed E-state index contributed by atoms with van der Waals surface area (Å²) in [6.45, 7) is 0.794. The average molecular weight is 258 g/mol. The summed E-state index contributed by atoms with van der Waals surface area (Å²) < 4.78 is 5.94. The number of rotatable bonds is 2. The molecule has 1 aliphatic carbocycles. The highest BCUT2D eigenvalue weighted by atomic mass is 16.5. The standard InChI is InChI=1S/C17H22O2/c18-16-9-3-1-2-7-14(16)12-17-15-8-5-4-6-13(15)10-11-19-17/h4-6,8,14,17H,1-3,7,9-12H2. The molecule has 0 bridgehead atoms. The fourth-order valence-electron chi connectivity index (χ4n) is 3.41. The van der Waals surface area contributed by atoms with Gasteiger partial charge in [0.2, 0.25) is 0 Å². The van der Waals surface area contributed by atoms with Crippen molar-refractivity contribution in [2.24, 2.45) is 5.92 Å². The topological polar surface area (TPSA) is 26.3 Å². The first-order valence-electron chi connectivity index (χ1n) is 7.57. The minimum Gasteiger partial charge on any atom is -0.373 e. The van der Waals surface area contributed by atoms with Crippen LogP contribution < -0.4 is 0 Å². The summed E-state index contributed by atoms with van der Waals surface area (Å²) in [5, 5.41) is 0. The molecule has 2 atom stereocenters. The minimum absolute atomic E-state index is 0.136. The molecule has 0 aromatic heterocycles. The second kappa shape index (κ2) is 5.87. The van der Waals surface area contributed by atoms with Gasteiger partial charge in [0, 0.05) is 12.3 Å². The molecular formula is C17H22O2. The van der Waals surface area contributed by atoms with Crippen LogP contribution in [0.5, 0.6) is 0 Å². The van der Waals surface area contributed by atoms with Gasteiger partial charge in [0.05, 0.1) is 12.7 Å². The summed E-state index contributed by atoms with van der Waals surface area (Å²) in [5.74, 6) is 0.683. The molecule has 2 nitrogen and oxygen atoms in total. The molecule has 3 rings (SSSR count). The van der Waals surface area contributed by atoms with E-state index in [-0.39, 0.29) is 12.0 Å². The Morgan fingerprint density at radius 1 is 1.11 bits per heavy atom. The van der Waals surface area contributed by atoms with E-state index in [0.717, 1.165) is 38.7 Å². The van der Waals surface area contributed by atoms with Crippen molar-refractivity contribution in [3.63, 3.8) is 0 Å². The number of Topliss-reactive ketones (excluding diaryl/α,β-unsaturated/α-hetero) is 1. The Balaban J connectivity index is 1.75. The molecule has 102 valence electrons. The molecule has 0 amide bonds. The molecule has 2 heteroatoms. The van der Waals surface area contributed by atoms with Gasteiger partial charge in [0.15, 0.2) is 0 Å². The van der Waals surface area contributed by atoms with E-state index in [1.165, 1.54) is 24.0 Å². The molecule has 2 aliphatic rings. The number of hydrogen-bond acceptors (Lipinski definition) is 2. The van der Waals surface area contributed by atoms with E-state index in [4.69, 9.17) is 4.74 Å². The normalized spacial score (nSPS) is 27.7. The molecule has 1 fully saturated rings. The summed E-state index contributed by atoms with van der Waals surface area (Å²) >= 11 is 0. The van der Waals surface area contributed by atoms with E-state index < -0.39 is 0 Å². The van der Waals surface area contributed by atoms with Crippen molar-refractivity contribution in [1.29, 1.82) is 0 Å². The third-order valence-corrected chi connectivity index (χ3v) is 4.52. The molecule has 1 heterocycles. The summed E-state index contributed by atoms with van der Waals surface area (Å²) in [6, 6.07) is 8.54. The van der Waals surface area contributed by atoms with Crippen molar-refractivity contribution in [2.45, 2.75) is 51.0 Å². The van der Waals surface area contributed by atoms with Gasteiger partial charge in [0.1, 0.15) is 5.78 Å². The number of ether oxygens (including phenoxy) is 1. The van der Waals surface area contributed by atoms with E-state index in [0.29, 0.717) is 5.78 Å². The van der Waals surface area contributed by atoms with Crippen molar-refractivity contribution in [3.05, 3.63) is 35.4 Å². The van der Waals surface area contributed by atoms with Crippen LogP contribution in [0.25, 0.3) is 0 Å². The highest BCUT2D eigenvalue weighted by molar-refractivity contribution is 5.81. The van der Waals surface area contributed by atoms with Gasteiger partial charge in [-0.1, -0.05) is 37.1 Å². The molecule has 0 radical (unpaired) electrons. The maximum Gasteiger partial charge on any atom is 0.136 e. The van der Waals surface area contributed by atoms with Crippen LogP contribution in [-0.4, -0.2) is 12.4 Å². The van der Waals surface area contributed by atoms with Crippen molar-refractivity contribution >= 4 is 5.78 Å². The van der Waals surface area contributed by atoms with Gasteiger partial charge >= 0.3 is 0 Å². The third kappa shape index (κ3) is 2.89. The van der Waals surface area contributed by atoms with Gasteiger partial charge in [-0.05, 0) is 36.8 Å². The summed E-state index contributed by atoms with van der Waals surface area (Å²) in [5.41, 5.74) is 2.71. The Morgan fingerprint density at radius 2 is 2.00 bits per heavy atom. The van der Waals surface area contributed by atoms with Crippen molar-refractivity contribution in [2.75, 3.05) is 6.61 Å². The van der Waals surface area contributed by atoms with Gasteiger partial charge < -0.3 is 4.74 Å². The average Bonchev–Trinajstić information content (AvgIpc) is 2.65. The zero-order chi connectivity index (χ0) is 13.1. The van der Waals surface area contributed by atoms with Gasteiger partial charge in [-0.25, -0.2) is 0 Å². The Morgan fingerprint density at radius 3 is 2.95 bits per heavy atom. The first-order chi connectivity index (χ1) is 9.34. The molecule has 0 spiro atoms. The smallest absolute Gasteiger partial charge is 0.136 e. The van der Waals surface area contributed by atoms with Crippen LogP contribution in [0, 0.1) is 5.92 Å². The quantitative estimate of drug-likeness (QED) is 0.753. The van der Waals surface area contributed by atoms with Crippen LogP contribution >= 0.6 is 0 Å². The van der Waals surface area contributed by atoms with Crippen LogP contribution in [0.2, 0.25) is 0 Å². The summed E-state index contributed by atoms with van der Waals surface area (Å²) in [4.78, 5) is 12.1. The van der Waals surface area contributed by atoms with Crippen molar-refractivity contribution in [3.8, 4) is 0 Å². The van der Waals surface area contributed by atoms with Crippen LogP contribution in [0.4, 0.5) is 0 Å². The predicted octanol–water partition coefficient (Wildman–Crippen LogP) is 3.84. The Hall–Kier alpha value is -1.15. The lowest BCUT2D eigenvalue weighted by Gasteiger charge is -2.28. The molecule has 19 heavy (non-hydrogen) atoms. The van der Waals surface area contributed by atoms with E-state index in [1.54, 1.807) is 0 Å². The first-order valence-corrected chi connectivity index (χ1v) is 7.57. The number of carbonyl (C=O) groups is 1. The zero-order valence-corrected chi connectivity index (χ0v) is 11.4. The van der Waals surface area contributed by atoms with Gasteiger partial charge in [-0.3, -0.25) is 4.79 Å². The molecule has 1 aromatic carbocycles. The predicted molar refractivity (Wildman–Crippen MR) is 75.0 cm³/mol. The van der Waals surface area contributed by atoms with Crippen molar-refractivity contribution < 1.29 is 9.53 Å². The number of hydrogen-bond donors (Lipinski definition) is 0. The molecule has 1 aromatic rings. The lowest BCUT2D eigenvalue weighted by molar-refractivity contribution is -0.124. The van der Waals surface area contributed by atoms with Crippen molar-refractivity contribution in [1.82, 2.24) is 0 Å². The zero-order valence-electron chi connectivity index (χ0n) is 11.4. The fourth-order valence-corrected chi connectivity index (χ4v) is 3.41. The number of fused-ring (bicyclic) bond motifs is 1. The number of ketones is 1. The van der Waals surface area contributed by atoms with Gasteiger partial charge in [-0.15, -0.1) is 0 Å². The lowest BCUT2D eigenvalue weighted by Crippen LogP contribution is -2.22. The number of benzene rings is 1. The van der Waals surface area contributed by atoms with Crippen LogP contribution in [-0.2, 0) is 16.0 Å². The van der Waals surface area contributed by atoms with Crippen LogP contribution in [0.1, 0.15) is 55.8 Å². The van der Waals surface area contributed by atoms with Crippen LogP contribution in [0.3, 0.4) is 0 Å². The fraction of sp³-hybridized carbons (Fsp3) is 0.588. The Bertz CT molecular complexity index is 452. The second-order valence-electron chi connectivity index (χ2n) is 5.81. The molecular weight excluding hydrogens is 236 g/mol. The van der Waals surface area contributed by atoms with Gasteiger partial charge in [-0.2, -0.15) is 0 Å². The highest BCUT2D eigenvalue weighted by Gasteiger charge is 2.28. The molecule has 2 unspecified atom stereocenters. The molecule has 1 aliphatic heterocycles. The number of carbonyl (C=O) groups excluding carboxylic acids is 1. The maximum atomic E-state index is 12.1. The maximum absolute atomic E-state index is 12.1. The Kier molecular flexibility index (Phi) is 3.97. The second-order valence-corrected chi connectivity index (χ2v) is 5.81.